The van der Waals surface area contributed by atoms with E-state index in [4.69, 9.17) is 5.11 Å². The van der Waals surface area contributed by atoms with Gasteiger partial charge in [-0.25, -0.2) is 0 Å². The molecule has 11 nitrogen and oxygen atoms in total. The number of carboxylic acid groups (broad SMARTS) is 1. The molecular formula is C22H35N7O4. The molecule has 11 heteroatoms. The number of ketones is 2. The fourth-order valence-electron chi connectivity index (χ4n) is 3.94. The molecule has 33 heavy (non-hydrogen) atoms. The van der Waals surface area contributed by atoms with Gasteiger partial charge >= 0.3 is 5.97 Å². The molecule has 0 aromatic carbocycles. The number of nitrogens with one attached hydrogen (secondary N) is 3. The molecule has 4 N–H and O–H groups in total. The molecule has 4 fully saturated rings. The van der Waals surface area contributed by atoms with Crippen molar-refractivity contribution < 1.29 is 19.5 Å². The maximum atomic E-state index is 12.4. The summed E-state index contributed by atoms with van der Waals surface area (Å²) in [6, 6.07) is 0. The lowest BCUT2D eigenvalue weighted by atomic mass is 10.0. The quantitative estimate of drug-likeness (QED) is 0.254. The summed E-state index contributed by atoms with van der Waals surface area (Å²) in [6.07, 6.45) is 1.52. The van der Waals surface area contributed by atoms with Crippen LogP contribution in [0, 0.1) is 0 Å². The van der Waals surface area contributed by atoms with Gasteiger partial charge in [-0.1, -0.05) is 0 Å². The van der Waals surface area contributed by atoms with Crippen LogP contribution in [0.3, 0.4) is 0 Å². The minimum absolute atomic E-state index is 0.00546. The number of nitrogens with zero attached hydrogens (tertiary/aromatic N) is 4. The molecule has 182 valence electrons. The van der Waals surface area contributed by atoms with E-state index in [1.54, 1.807) is 0 Å². The van der Waals surface area contributed by atoms with E-state index in [1.807, 2.05) is 19.6 Å². The fourth-order valence-corrected chi connectivity index (χ4v) is 3.94. The van der Waals surface area contributed by atoms with E-state index in [9.17, 15) is 14.4 Å². The highest BCUT2D eigenvalue weighted by atomic mass is 16.4. The Morgan fingerprint density at radius 1 is 0.727 bits per heavy atom. The Morgan fingerprint density at radius 3 is 1.70 bits per heavy atom. The van der Waals surface area contributed by atoms with E-state index >= 15 is 0 Å². The first-order valence-electron chi connectivity index (χ1n) is 11.9. The number of carboxylic acids is 1. The van der Waals surface area contributed by atoms with Crippen LogP contribution >= 0.6 is 0 Å². The maximum Gasteiger partial charge on any atom is 0.317 e. The molecule has 5 aliphatic rings. The predicted octanol–water partition coefficient (Wildman–Crippen LogP) is -2.66. The van der Waals surface area contributed by atoms with Crippen molar-refractivity contribution in [1.82, 2.24) is 35.6 Å². The highest BCUT2D eigenvalue weighted by molar-refractivity contribution is 6.22. The molecule has 0 aromatic heterocycles. The second-order valence-corrected chi connectivity index (χ2v) is 8.80. The molecule has 4 saturated heterocycles. The zero-order valence-corrected chi connectivity index (χ0v) is 19.1. The van der Waals surface area contributed by atoms with E-state index in [1.165, 1.54) is 6.08 Å². The van der Waals surface area contributed by atoms with Gasteiger partial charge in [0.15, 0.2) is 0 Å². The Labute approximate surface area is 194 Å². The van der Waals surface area contributed by atoms with Crippen LogP contribution in [0.2, 0.25) is 0 Å². The highest BCUT2D eigenvalue weighted by Gasteiger charge is 2.43. The SMILES string of the molecule is O=C(O)CN1CCNCCNCCNCC1.O=C1C=C(N2CC2)C(=O)C(N2CC2)=C1N1CC1. The van der Waals surface area contributed by atoms with Crippen LogP contribution < -0.4 is 16.0 Å². The van der Waals surface area contributed by atoms with E-state index in [-0.39, 0.29) is 18.1 Å². The van der Waals surface area contributed by atoms with Crippen molar-refractivity contribution in [2.75, 3.05) is 98.2 Å². The van der Waals surface area contributed by atoms with Gasteiger partial charge in [0.25, 0.3) is 0 Å². The molecule has 0 atom stereocenters. The smallest absolute Gasteiger partial charge is 0.317 e. The second-order valence-electron chi connectivity index (χ2n) is 8.80. The van der Waals surface area contributed by atoms with Crippen LogP contribution in [0.4, 0.5) is 0 Å². The molecule has 4 aliphatic heterocycles. The molecule has 0 spiro atoms. The third-order valence-electron chi connectivity index (χ3n) is 6.01. The number of hydrogen-bond donors (Lipinski definition) is 4. The Hall–Kier alpha value is -2.47. The molecule has 0 bridgehead atoms. The lowest BCUT2D eigenvalue weighted by molar-refractivity contribution is -0.138. The number of Topliss-reactive ketones (excluding diaryl/α,β-unsaturated/α-hetero) is 1. The molecule has 0 amide bonds. The average Bonchev–Trinajstić information content (AvgIpc) is 3.63. The van der Waals surface area contributed by atoms with Crippen molar-refractivity contribution in [1.29, 1.82) is 0 Å². The van der Waals surface area contributed by atoms with E-state index in [0.29, 0.717) is 17.1 Å². The number of rotatable bonds is 5. The molecule has 5 rings (SSSR count). The molecule has 0 saturated carbocycles. The van der Waals surface area contributed by atoms with Crippen molar-refractivity contribution >= 4 is 17.5 Å². The monoisotopic (exact) mass is 461 g/mol. The summed E-state index contributed by atoms with van der Waals surface area (Å²) in [5.74, 6) is -0.707. The lowest BCUT2D eigenvalue weighted by Gasteiger charge is -2.21. The van der Waals surface area contributed by atoms with Gasteiger partial charge in [-0.2, -0.15) is 0 Å². The van der Waals surface area contributed by atoms with Crippen LogP contribution in [0.15, 0.2) is 23.2 Å². The zero-order valence-electron chi connectivity index (χ0n) is 19.1. The third kappa shape index (κ3) is 7.00. The summed E-state index contributed by atoms with van der Waals surface area (Å²) < 4.78 is 0. The number of carbonyl (C=O) groups is 3. The van der Waals surface area contributed by atoms with Gasteiger partial charge in [0.1, 0.15) is 11.4 Å². The maximum absolute atomic E-state index is 12.4. The van der Waals surface area contributed by atoms with Gasteiger partial charge < -0.3 is 35.8 Å². The van der Waals surface area contributed by atoms with Gasteiger partial charge in [-0.15, -0.1) is 0 Å². The van der Waals surface area contributed by atoms with Gasteiger partial charge in [0.2, 0.25) is 11.6 Å². The van der Waals surface area contributed by atoms with E-state index in [0.717, 1.165) is 91.6 Å². The average molecular weight is 462 g/mol. The minimum Gasteiger partial charge on any atom is -0.480 e. The zero-order chi connectivity index (χ0) is 23.2. The summed E-state index contributed by atoms with van der Waals surface area (Å²) in [6.45, 7) is 12.6. The number of allylic oxidation sites excluding steroid dienone is 1. The topological polar surface area (TPSA) is 120 Å². The van der Waals surface area contributed by atoms with Gasteiger partial charge in [-0.3, -0.25) is 19.3 Å². The van der Waals surface area contributed by atoms with Crippen LogP contribution in [0.1, 0.15) is 0 Å². The largest absolute Gasteiger partial charge is 0.480 e. The molecule has 0 radical (unpaired) electrons. The standard InChI is InChI=1S/C12H13N3O2.C10H22N4O2/c16-9-7-8(13-1-2-13)12(17)11(15-5-6-15)10(9)14-3-4-14;15-10(16)9-14-7-5-12-3-1-11-2-4-13-6-8-14/h7H,1-6H2;11-13H,1-9H2,(H,15,16). The number of carbonyl (C=O) groups excluding carboxylic acids is 2. The summed E-state index contributed by atoms with van der Waals surface area (Å²) in [4.78, 5) is 43.1. The van der Waals surface area contributed by atoms with Gasteiger partial charge in [0.05, 0.1) is 12.2 Å². The van der Waals surface area contributed by atoms with Crippen molar-refractivity contribution in [2.45, 2.75) is 0 Å². The Balaban J connectivity index is 0.000000158. The lowest BCUT2D eigenvalue weighted by Crippen LogP contribution is -2.43. The molecule has 1 aliphatic carbocycles. The van der Waals surface area contributed by atoms with Crippen molar-refractivity contribution in [3.63, 3.8) is 0 Å². The fraction of sp³-hybridized carbons (Fsp3) is 0.682. The first-order valence-corrected chi connectivity index (χ1v) is 11.9. The Morgan fingerprint density at radius 2 is 1.21 bits per heavy atom. The van der Waals surface area contributed by atoms with Crippen molar-refractivity contribution in [3.8, 4) is 0 Å². The van der Waals surface area contributed by atoms with E-state index < -0.39 is 5.97 Å². The normalized spacial score (nSPS) is 24.4. The molecule has 0 unspecified atom stereocenters. The van der Waals surface area contributed by atoms with Crippen LogP contribution in [0.5, 0.6) is 0 Å². The summed E-state index contributed by atoms with van der Waals surface area (Å²) >= 11 is 0. The van der Waals surface area contributed by atoms with Gasteiger partial charge in [-0.05, 0) is 0 Å². The number of aliphatic carboxylic acids is 1. The molecular weight excluding hydrogens is 426 g/mol. The first kappa shape index (κ1) is 23.7. The third-order valence-corrected chi connectivity index (χ3v) is 6.01. The predicted molar refractivity (Wildman–Crippen MR) is 123 cm³/mol. The van der Waals surface area contributed by atoms with Crippen molar-refractivity contribution in [2.24, 2.45) is 0 Å². The van der Waals surface area contributed by atoms with E-state index in [2.05, 4.69) is 16.0 Å². The number of hydrogen-bond acceptors (Lipinski definition) is 10. The van der Waals surface area contributed by atoms with Crippen molar-refractivity contribution in [3.05, 3.63) is 23.2 Å². The summed E-state index contributed by atoms with van der Waals surface area (Å²) in [5, 5.41) is 18.7. The Kier molecular flexibility index (Phi) is 7.97. The van der Waals surface area contributed by atoms with Crippen LogP contribution in [0.25, 0.3) is 0 Å². The summed E-state index contributed by atoms with van der Waals surface area (Å²) in [5.41, 5.74) is 1.89. The second kappa shape index (κ2) is 11.1. The Bertz CT molecular complexity index is 804. The highest BCUT2D eigenvalue weighted by Crippen LogP contribution is 2.33. The molecule has 0 aromatic rings. The van der Waals surface area contributed by atoms with Crippen LogP contribution in [-0.4, -0.2) is 140 Å². The van der Waals surface area contributed by atoms with Crippen LogP contribution in [-0.2, 0) is 14.4 Å². The summed E-state index contributed by atoms with van der Waals surface area (Å²) in [7, 11) is 0. The minimum atomic E-state index is -0.756. The van der Waals surface area contributed by atoms with Gasteiger partial charge in [0, 0.05) is 97.7 Å². The first-order chi connectivity index (χ1) is 16.0. The molecule has 4 heterocycles.